The average Bonchev–Trinajstić information content (AvgIpc) is 3.15. The number of carboxylic acid groups (broad SMARTS) is 1. The smallest absolute Gasteiger partial charge is 0.409 e. The molecule has 1 unspecified atom stereocenters. The molecule has 10 heteroatoms. The zero-order chi connectivity index (χ0) is 21.6. The van der Waals surface area contributed by atoms with E-state index in [4.69, 9.17) is 9.84 Å². The SMILES string of the molecule is COC1=CC=C(c2ccc3c(c2)CCN(CC(=O)O)C3=O)C2=CC(C(F)(F)F)NN12. The monoisotopic (exact) mass is 421 g/mol. The number of halogens is 3. The van der Waals surface area contributed by atoms with Gasteiger partial charge in [0.15, 0.2) is 0 Å². The maximum Gasteiger partial charge on any atom is 0.409 e. The molecule has 158 valence electrons. The van der Waals surface area contributed by atoms with Gasteiger partial charge in [-0.25, -0.2) is 10.4 Å². The number of benzene rings is 1. The molecule has 1 amide bonds. The van der Waals surface area contributed by atoms with Crippen LogP contribution in [-0.4, -0.2) is 59.3 Å². The fraction of sp³-hybridized carbons (Fsp3) is 0.300. The molecule has 0 aliphatic carbocycles. The van der Waals surface area contributed by atoms with Crippen molar-refractivity contribution in [3.8, 4) is 0 Å². The minimum absolute atomic E-state index is 0.231. The molecular formula is C20H18F3N3O4. The zero-order valence-corrected chi connectivity index (χ0v) is 15.9. The Morgan fingerprint density at radius 3 is 2.77 bits per heavy atom. The molecule has 0 spiro atoms. The molecule has 7 nitrogen and oxygen atoms in total. The van der Waals surface area contributed by atoms with Crippen molar-refractivity contribution in [2.45, 2.75) is 18.6 Å². The van der Waals surface area contributed by atoms with E-state index in [1.165, 1.54) is 17.0 Å². The summed E-state index contributed by atoms with van der Waals surface area (Å²) in [7, 11) is 1.37. The van der Waals surface area contributed by atoms with E-state index in [2.05, 4.69) is 5.43 Å². The maximum absolute atomic E-state index is 13.3. The van der Waals surface area contributed by atoms with Crippen molar-refractivity contribution >= 4 is 17.4 Å². The number of fused-ring (bicyclic) bond motifs is 2. The molecule has 0 saturated heterocycles. The fourth-order valence-electron chi connectivity index (χ4n) is 3.77. The molecule has 1 atom stereocenters. The highest BCUT2D eigenvalue weighted by Crippen LogP contribution is 2.39. The number of aliphatic carboxylic acids is 1. The third-order valence-electron chi connectivity index (χ3n) is 5.20. The van der Waals surface area contributed by atoms with Gasteiger partial charge in [-0.3, -0.25) is 9.59 Å². The summed E-state index contributed by atoms with van der Waals surface area (Å²) in [6, 6.07) is 3.16. The molecule has 30 heavy (non-hydrogen) atoms. The number of nitrogens with one attached hydrogen (secondary N) is 1. The Balaban J connectivity index is 1.69. The summed E-state index contributed by atoms with van der Waals surface area (Å²) in [5, 5.41) is 10.2. The Hall–Kier alpha value is -3.27. The summed E-state index contributed by atoms with van der Waals surface area (Å²) in [6.45, 7) is -0.108. The summed E-state index contributed by atoms with van der Waals surface area (Å²) in [4.78, 5) is 24.7. The number of amides is 1. The minimum atomic E-state index is -4.47. The molecule has 0 saturated carbocycles. The molecule has 3 heterocycles. The number of carboxylic acids is 1. The zero-order valence-electron chi connectivity index (χ0n) is 15.9. The number of carbonyl (C=O) groups excluding carboxylic acids is 1. The Labute approximate surface area is 169 Å². The lowest BCUT2D eigenvalue weighted by molar-refractivity contribution is -0.149. The standard InChI is InChI=1S/C20H18F3N3O4/c1-30-17-5-4-13(15-9-16(20(21,22)23)24-26(15)17)11-2-3-14-12(8-11)6-7-25(19(14)29)10-18(27)28/h2-5,8-9,16,24H,6-7,10H2,1H3,(H,27,28). The van der Waals surface area contributed by atoms with Gasteiger partial charge in [-0.1, -0.05) is 12.1 Å². The van der Waals surface area contributed by atoms with Crippen LogP contribution >= 0.6 is 0 Å². The second-order valence-electron chi connectivity index (χ2n) is 7.07. The Morgan fingerprint density at radius 1 is 1.33 bits per heavy atom. The number of carbonyl (C=O) groups is 2. The molecular weight excluding hydrogens is 403 g/mol. The number of ether oxygens (including phenoxy) is 1. The molecule has 1 aromatic rings. The van der Waals surface area contributed by atoms with Gasteiger partial charge in [-0.15, -0.1) is 0 Å². The van der Waals surface area contributed by atoms with Crippen LogP contribution in [0.1, 0.15) is 21.5 Å². The highest BCUT2D eigenvalue weighted by Gasteiger charge is 2.45. The van der Waals surface area contributed by atoms with E-state index in [9.17, 15) is 22.8 Å². The van der Waals surface area contributed by atoms with Gasteiger partial charge >= 0.3 is 12.1 Å². The lowest BCUT2D eigenvalue weighted by atomic mass is 9.92. The van der Waals surface area contributed by atoms with Crippen molar-refractivity contribution < 1.29 is 32.6 Å². The highest BCUT2D eigenvalue weighted by molar-refractivity contribution is 5.99. The van der Waals surface area contributed by atoms with Crippen LogP contribution in [0, 0.1) is 0 Å². The van der Waals surface area contributed by atoms with Crippen LogP contribution in [0.25, 0.3) is 5.57 Å². The second-order valence-corrected chi connectivity index (χ2v) is 7.07. The van der Waals surface area contributed by atoms with E-state index in [1.807, 2.05) is 0 Å². The van der Waals surface area contributed by atoms with Crippen LogP contribution in [0.15, 0.2) is 48.0 Å². The van der Waals surface area contributed by atoms with Gasteiger partial charge in [0, 0.05) is 23.8 Å². The minimum Gasteiger partial charge on any atom is -0.481 e. The first kappa shape index (κ1) is 20.0. The molecule has 3 aliphatic rings. The number of nitrogens with zero attached hydrogens (tertiary/aromatic N) is 2. The van der Waals surface area contributed by atoms with Gasteiger partial charge < -0.3 is 14.7 Å². The lowest BCUT2D eigenvalue weighted by Gasteiger charge is -2.30. The molecule has 0 fully saturated rings. The first-order chi connectivity index (χ1) is 14.2. The van der Waals surface area contributed by atoms with Gasteiger partial charge in [0.2, 0.25) is 5.88 Å². The van der Waals surface area contributed by atoms with Gasteiger partial charge in [-0.2, -0.15) is 13.2 Å². The number of hydrogen-bond acceptors (Lipinski definition) is 5. The largest absolute Gasteiger partial charge is 0.481 e. The molecule has 0 aromatic heterocycles. The van der Waals surface area contributed by atoms with Gasteiger partial charge in [0.1, 0.15) is 12.6 Å². The van der Waals surface area contributed by atoms with E-state index in [-0.39, 0.29) is 24.9 Å². The number of alkyl halides is 3. The summed E-state index contributed by atoms with van der Waals surface area (Å²) in [5.74, 6) is -1.23. The quantitative estimate of drug-likeness (QED) is 0.777. The van der Waals surface area contributed by atoms with Gasteiger partial charge in [0.25, 0.3) is 5.91 Å². The number of hydrazine groups is 1. The number of allylic oxidation sites excluding steroid dienone is 3. The predicted octanol–water partition coefficient (Wildman–Crippen LogP) is 2.29. The average molecular weight is 421 g/mol. The van der Waals surface area contributed by atoms with E-state index >= 15 is 0 Å². The summed E-state index contributed by atoms with van der Waals surface area (Å²) in [5.41, 5.74) is 5.04. The molecule has 4 rings (SSSR count). The highest BCUT2D eigenvalue weighted by atomic mass is 19.4. The van der Waals surface area contributed by atoms with E-state index < -0.39 is 18.2 Å². The second kappa shape index (κ2) is 7.21. The normalized spacial score (nSPS) is 20.9. The number of methoxy groups -OCH3 is 1. The van der Waals surface area contributed by atoms with Crippen LogP contribution < -0.4 is 5.43 Å². The van der Waals surface area contributed by atoms with Crippen molar-refractivity contribution in [1.82, 2.24) is 15.3 Å². The molecule has 0 radical (unpaired) electrons. The van der Waals surface area contributed by atoms with Crippen LogP contribution in [0.4, 0.5) is 13.2 Å². The Morgan fingerprint density at radius 2 is 2.10 bits per heavy atom. The van der Waals surface area contributed by atoms with Crippen molar-refractivity contribution in [2.75, 3.05) is 20.2 Å². The van der Waals surface area contributed by atoms with Crippen molar-refractivity contribution in [3.63, 3.8) is 0 Å². The Bertz CT molecular complexity index is 1010. The van der Waals surface area contributed by atoms with Crippen LogP contribution in [-0.2, 0) is 16.0 Å². The van der Waals surface area contributed by atoms with E-state index in [0.717, 1.165) is 11.6 Å². The molecule has 2 N–H and O–H groups in total. The predicted molar refractivity (Wildman–Crippen MR) is 99.7 cm³/mol. The fourth-order valence-corrected chi connectivity index (χ4v) is 3.77. The number of hydrogen-bond donors (Lipinski definition) is 2. The van der Waals surface area contributed by atoms with Gasteiger partial charge in [0.05, 0.1) is 12.8 Å². The van der Waals surface area contributed by atoms with E-state index in [1.54, 1.807) is 30.4 Å². The summed E-state index contributed by atoms with van der Waals surface area (Å²) in [6.07, 6.45) is 0.324. The first-order valence-corrected chi connectivity index (χ1v) is 9.14. The topological polar surface area (TPSA) is 82.1 Å². The van der Waals surface area contributed by atoms with Crippen molar-refractivity contribution in [1.29, 1.82) is 0 Å². The molecule has 0 bridgehead atoms. The van der Waals surface area contributed by atoms with Crippen molar-refractivity contribution in [3.05, 3.63) is 64.7 Å². The third-order valence-corrected chi connectivity index (χ3v) is 5.20. The Kier molecular flexibility index (Phi) is 4.81. The maximum atomic E-state index is 13.3. The first-order valence-electron chi connectivity index (χ1n) is 9.14. The van der Waals surface area contributed by atoms with E-state index in [0.29, 0.717) is 28.8 Å². The van der Waals surface area contributed by atoms with Gasteiger partial charge in [-0.05, 0) is 35.8 Å². The van der Waals surface area contributed by atoms with Crippen LogP contribution in [0.5, 0.6) is 0 Å². The number of rotatable bonds is 4. The molecule has 1 aromatic carbocycles. The molecule has 3 aliphatic heterocycles. The van der Waals surface area contributed by atoms with Crippen LogP contribution in [0.3, 0.4) is 0 Å². The third kappa shape index (κ3) is 3.43. The lowest BCUT2D eigenvalue weighted by Crippen LogP contribution is -2.44. The summed E-state index contributed by atoms with van der Waals surface area (Å²) < 4.78 is 44.9. The van der Waals surface area contributed by atoms with Crippen LogP contribution in [0.2, 0.25) is 0 Å². The van der Waals surface area contributed by atoms with Crippen molar-refractivity contribution in [2.24, 2.45) is 0 Å². The summed E-state index contributed by atoms with van der Waals surface area (Å²) >= 11 is 0.